The summed E-state index contributed by atoms with van der Waals surface area (Å²) < 4.78 is 36.0. The van der Waals surface area contributed by atoms with Gasteiger partial charge in [0.2, 0.25) is 15.9 Å². The third kappa shape index (κ3) is 6.20. The summed E-state index contributed by atoms with van der Waals surface area (Å²) in [5.41, 5.74) is 2.69. The number of fused-ring (bicyclic) bond motifs is 1. The van der Waals surface area contributed by atoms with E-state index in [4.69, 9.17) is 4.74 Å². The van der Waals surface area contributed by atoms with E-state index >= 15 is 0 Å². The van der Waals surface area contributed by atoms with Crippen LogP contribution in [0, 0.1) is 0 Å². The van der Waals surface area contributed by atoms with Crippen molar-refractivity contribution in [2.75, 3.05) is 7.11 Å². The van der Waals surface area contributed by atoms with Gasteiger partial charge in [0.15, 0.2) is 0 Å². The lowest BCUT2D eigenvalue weighted by Gasteiger charge is -2.24. The van der Waals surface area contributed by atoms with E-state index in [2.05, 4.69) is 10.0 Å². The molecule has 0 radical (unpaired) electrons. The SMILES string of the molecule is COc1cccc(S(=O)(=O)NC(Cc2csc3ccccc23)C(=O)NC(c2ccccc2)c2ccccc2)c1. The Morgan fingerprint density at radius 1 is 0.846 bits per heavy atom. The highest BCUT2D eigenvalue weighted by molar-refractivity contribution is 7.89. The van der Waals surface area contributed by atoms with Crippen LogP contribution < -0.4 is 14.8 Å². The Kier molecular flexibility index (Phi) is 8.07. The van der Waals surface area contributed by atoms with Gasteiger partial charge in [-0.05, 0) is 52.1 Å². The lowest BCUT2D eigenvalue weighted by atomic mass is 9.97. The molecule has 0 saturated carbocycles. The van der Waals surface area contributed by atoms with E-state index in [0.717, 1.165) is 26.8 Å². The minimum atomic E-state index is -4.05. The zero-order chi connectivity index (χ0) is 27.2. The van der Waals surface area contributed by atoms with Gasteiger partial charge in [-0.2, -0.15) is 4.72 Å². The van der Waals surface area contributed by atoms with Crippen LogP contribution in [-0.4, -0.2) is 27.5 Å². The fourth-order valence-corrected chi connectivity index (χ4v) is 6.72. The molecule has 0 aliphatic rings. The van der Waals surface area contributed by atoms with Gasteiger partial charge < -0.3 is 10.1 Å². The average molecular weight is 557 g/mol. The molecule has 1 amide bonds. The van der Waals surface area contributed by atoms with E-state index in [1.165, 1.54) is 19.2 Å². The van der Waals surface area contributed by atoms with Crippen LogP contribution in [0.4, 0.5) is 0 Å². The number of benzene rings is 4. The van der Waals surface area contributed by atoms with Crippen LogP contribution in [0.3, 0.4) is 0 Å². The van der Waals surface area contributed by atoms with Gasteiger partial charge in [-0.25, -0.2) is 8.42 Å². The molecule has 4 aromatic carbocycles. The van der Waals surface area contributed by atoms with E-state index in [9.17, 15) is 13.2 Å². The molecule has 0 fully saturated rings. The number of amides is 1. The third-order valence-electron chi connectivity index (χ3n) is 6.50. The number of nitrogens with one attached hydrogen (secondary N) is 2. The number of thiophene rings is 1. The number of ether oxygens (including phenoxy) is 1. The molecule has 0 saturated heterocycles. The van der Waals surface area contributed by atoms with Gasteiger partial charge in [0, 0.05) is 10.8 Å². The highest BCUT2D eigenvalue weighted by Crippen LogP contribution is 2.28. The molecule has 1 unspecified atom stereocenters. The quantitative estimate of drug-likeness (QED) is 0.231. The molecule has 39 heavy (non-hydrogen) atoms. The molecule has 1 heterocycles. The van der Waals surface area contributed by atoms with Crippen LogP contribution in [0.2, 0.25) is 0 Å². The summed E-state index contributed by atoms with van der Waals surface area (Å²) in [5.74, 6) is -0.00890. The summed E-state index contributed by atoms with van der Waals surface area (Å²) in [6, 6.07) is 31.9. The lowest BCUT2D eigenvalue weighted by Crippen LogP contribution is -2.48. The molecule has 198 valence electrons. The van der Waals surface area contributed by atoms with Gasteiger partial charge in [0.25, 0.3) is 0 Å². The minimum absolute atomic E-state index is 0.0255. The fourth-order valence-electron chi connectivity index (χ4n) is 4.52. The highest BCUT2D eigenvalue weighted by Gasteiger charge is 2.29. The molecule has 5 rings (SSSR count). The number of methoxy groups -OCH3 is 1. The van der Waals surface area contributed by atoms with E-state index in [1.54, 1.807) is 23.5 Å². The Morgan fingerprint density at radius 2 is 1.49 bits per heavy atom. The second kappa shape index (κ2) is 11.8. The number of hydrogen-bond acceptors (Lipinski definition) is 5. The molecule has 0 aliphatic heterocycles. The monoisotopic (exact) mass is 556 g/mol. The van der Waals surface area contributed by atoms with Crippen LogP contribution in [0.5, 0.6) is 5.75 Å². The molecule has 2 N–H and O–H groups in total. The maximum absolute atomic E-state index is 13.9. The molecule has 0 bridgehead atoms. The van der Waals surface area contributed by atoms with Crippen molar-refractivity contribution in [2.45, 2.75) is 23.4 Å². The summed E-state index contributed by atoms with van der Waals surface area (Å²) in [5, 5.41) is 6.11. The van der Waals surface area contributed by atoms with E-state index in [0.29, 0.717) is 5.75 Å². The number of hydrogen-bond donors (Lipinski definition) is 2. The lowest BCUT2D eigenvalue weighted by molar-refractivity contribution is -0.123. The molecular weight excluding hydrogens is 528 g/mol. The predicted octanol–water partition coefficient (Wildman–Crippen LogP) is 5.71. The van der Waals surface area contributed by atoms with Crippen LogP contribution in [0.15, 0.2) is 119 Å². The van der Waals surface area contributed by atoms with Crippen molar-refractivity contribution < 1.29 is 17.9 Å². The molecule has 1 aromatic heterocycles. The molecule has 0 spiro atoms. The second-order valence-corrected chi connectivity index (χ2v) is 11.7. The van der Waals surface area contributed by atoms with Crippen LogP contribution in [0.25, 0.3) is 10.1 Å². The first-order chi connectivity index (χ1) is 18.9. The Balaban J connectivity index is 1.50. The molecule has 0 aliphatic carbocycles. The van der Waals surface area contributed by atoms with Gasteiger partial charge in [-0.15, -0.1) is 11.3 Å². The van der Waals surface area contributed by atoms with Gasteiger partial charge in [0.05, 0.1) is 18.0 Å². The molecule has 1 atom stereocenters. The largest absolute Gasteiger partial charge is 0.497 e. The number of sulfonamides is 1. The Labute approximate surface area is 232 Å². The number of carbonyl (C=O) groups is 1. The second-order valence-electron chi connectivity index (χ2n) is 9.08. The normalized spacial score (nSPS) is 12.4. The highest BCUT2D eigenvalue weighted by atomic mass is 32.2. The van der Waals surface area contributed by atoms with Crippen LogP contribution in [0.1, 0.15) is 22.7 Å². The van der Waals surface area contributed by atoms with Gasteiger partial charge in [0.1, 0.15) is 11.8 Å². The van der Waals surface area contributed by atoms with Crippen molar-refractivity contribution in [1.29, 1.82) is 0 Å². The summed E-state index contributed by atoms with van der Waals surface area (Å²) in [6.07, 6.45) is 0.190. The first kappa shape index (κ1) is 26.6. The first-order valence-electron chi connectivity index (χ1n) is 12.5. The van der Waals surface area contributed by atoms with Gasteiger partial charge in [-0.3, -0.25) is 4.79 Å². The summed E-state index contributed by atoms with van der Waals surface area (Å²) >= 11 is 1.57. The van der Waals surface area contributed by atoms with E-state index < -0.39 is 28.0 Å². The molecule has 8 heteroatoms. The number of rotatable bonds is 10. The van der Waals surface area contributed by atoms with Crippen molar-refractivity contribution in [2.24, 2.45) is 0 Å². The summed E-state index contributed by atoms with van der Waals surface area (Å²) in [4.78, 5) is 14.0. The van der Waals surface area contributed by atoms with Crippen molar-refractivity contribution in [3.8, 4) is 5.75 Å². The smallest absolute Gasteiger partial charge is 0.241 e. The molecular formula is C31H28N2O4S2. The summed E-state index contributed by atoms with van der Waals surface area (Å²) in [6.45, 7) is 0. The summed E-state index contributed by atoms with van der Waals surface area (Å²) in [7, 11) is -2.57. The standard InChI is InChI=1S/C31H28N2O4S2/c1-37-25-15-10-16-26(20-25)39(35,36)33-28(19-24-21-38-29-18-9-8-17-27(24)29)31(34)32-30(22-11-4-2-5-12-22)23-13-6-3-7-14-23/h2-18,20-21,28,30,33H,19H2,1H3,(H,32,34). The Bertz CT molecular complexity index is 1630. The van der Waals surface area contributed by atoms with Crippen molar-refractivity contribution >= 4 is 37.4 Å². The topological polar surface area (TPSA) is 84.5 Å². The first-order valence-corrected chi connectivity index (χ1v) is 14.8. The van der Waals surface area contributed by atoms with E-state index in [-0.39, 0.29) is 11.3 Å². The Hall–Kier alpha value is -3.98. The maximum atomic E-state index is 13.9. The zero-order valence-electron chi connectivity index (χ0n) is 21.3. The zero-order valence-corrected chi connectivity index (χ0v) is 22.9. The van der Waals surface area contributed by atoms with Gasteiger partial charge in [-0.1, -0.05) is 84.9 Å². The molecule has 5 aromatic rings. The van der Waals surface area contributed by atoms with Crippen LogP contribution in [-0.2, 0) is 21.2 Å². The maximum Gasteiger partial charge on any atom is 0.241 e. The number of carbonyl (C=O) groups excluding carboxylic acids is 1. The molecule has 6 nitrogen and oxygen atoms in total. The van der Waals surface area contributed by atoms with E-state index in [1.807, 2.05) is 90.3 Å². The Morgan fingerprint density at radius 3 is 2.15 bits per heavy atom. The van der Waals surface area contributed by atoms with Crippen molar-refractivity contribution in [3.05, 3.63) is 131 Å². The van der Waals surface area contributed by atoms with Crippen molar-refractivity contribution in [1.82, 2.24) is 10.0 Å². The fraction of sp³-hybridized carbons (Fsp3) is 0.129. The third-order valence-corrected chi connectivity index (χ3v) is 8.98. The minimum Gasteiger partial charge on any atom is -0.497 e. The van der Waals surface area contributed by atoms with Crippen LogP contribution >= 0.6 is 11.3 Å². The average Bonchev–Trinajstić information content (AvgIpc) is 3.39. The predicted molar refractivity (Wildman–Crippen MR) is 156 cm³/mol. The van der Waals surface area contributed by atoms with Gasteiger partial charge >= 0.3 is 0 Å². The van der Waals surface area contributed by atoms with Crippen molar-refractivity contribution in [3.63, 3.8) is 0 Å².